The quantitative estimate of drug-likeness (QED) is 0.146. The van der Waals surface area contributed by atoms with Crippen LogP contribution in [0.1, 0.15) is 27.2 Å². The van der Waals surface area contributed by atoms with E-state index in [2.05, 4.69) is 0 Å². The molecular weight excluding hydrogens is 456 g/mol. The summed E-state index contributed by atoms with van der Waals surface area (Å²) in [5.41, 5.74) is 1.71. The van der Waals surface area contributed by atoms with Gasteiger partial charge in [-0.25, -0.2) is 0 Å². The number of hydrogen-bond acceptors (Lipinski definition) is 12. The fourth-order valence-electron chi connectivity index (χ4n) is 3.63. The van der Waals surface area contributed by atoms with Crippen molar-refractivity contribution in [1.82, 2.24) is 0 Å². The summed E-state index contributed by atoms with van der Waals surface area (Å²) in [7, 11) is 0. The highest BCUT2D eigenvalue weighted by Gasteiger charge is 2.50. The third kappa shape index (κ3) is 7.26. The van der Waals surface area contributed by atoms with Gasteiger partial charge in [-0.3, -0.25) is 0 Å². The van der Waals surface area contributed by atoms with Crippen LogP contribution in [0.2, 0.25) is 0 Å². The van der Waals surface area contributed by atoms with Gasteiger partial charge < -0.3 is 59.8 Å². The van der Waals surface area contributed by atoms with Crippen molar-refractivity contribution in [2.75, 3.05) is 19.8 Å². The molecule has 0 aromatic carbocycles. The van der Waals surface area contributed by atoms with Gasteiger partial charge in [0.2, 0.25) is 0 Å². The van der Waals surface area contributed by atoms with E-state index >= 15 is 0 Å². The molecule has 0 aliphatic carbocycles. The fraction of sp³-hybridized carbons (Fsp3) is 0.818. The number of hydrogen-bond donors (Lipinski definition) is 8. The molecule has 0 spiro atoms. The van der Waals surface area contributed by atoms with Gasteiger partial charge in [-0.2, -0.15) is 0 Å². The van der Waals surface area contributed by atoms with E-state index in [1.807, 2.05) is 19.9 Å². The Morgan fingerprint density at radius 1 is 0.794 bits per heavy atom. The molecule has 2 rings (SSSR count). The van der Waals surface area contributed by atoms with Crippen LogP contribution in [0, 0.1) is 0 Å². The SMILES string of the molecule is CC(C)=CCC(O)C(C)=CCOC1OC(CO)C(O)C(OC2OC(CO)C(O)C(O)C2O)C1O. The van der Waals surface area contributed by atoms with E-state index in [0.717, 1.165) is 5.57 Å². The lowest BCUT2D eigenvalue weighted by atomic mass is 9.97. The highest BCUT2D eigenvalue weighted by molar-refractivity contribution is 5.08. The van der Waals surface area contributed by atoms with Gasteiger partial charge in [-0.15, -0.1) is 0 Å². The van der Waals surface area contributed by atoms with Crippen molar-refractivity contribution in [3.8, 4) is 0 Å². The lowest BCUT2D eigenvalue weighted by Crippen LogP contribution is -2.64. The van der Waals surface area contributed by atoms with Crippen LogP contribution in [-0.2, 0) is 18.9 Å². The molecule has 0 amide bonds. The molecule has 198 valence electrons. The van der Waals surface area contributed by atoms with E-state index in [1.165, 1.54) is 0 Å². The summed E-state index contributed by atoms with van der Waals surface area (Å²) in [6.07, 6.45) is -11.9. The first kappa shape index (κ1) is 29.2. The van der Waals surface area contributed by atoms with E-state index in [4.69, 9.17) is 18.9 Å². The lowest BCUT2D eigenvalue weighted by molar-refractivity contribution is -0.359. The zero-order chi connectivity index (χ0) is 25.6. The van der Waals surface area contributed by atoms with Gasteiger partial charge in [0.25, 0.3) is 0 Å². The van der Waals surface area contributed by atoms with E-state index in [0.29, 0.717) is 12.0 Å². The molecule has 0 saturated carbocycles. The summed E-state index contributed by atoms with van der Waals surface area (Å²) < 4.78 is 21.7. The Kier molecular flexibility index (Phi) is 11.5. The number of rotatable bonds is 10. The van der Waals surface area contributed by atoms with Crippen molar-refractivity contribution >= 4 is 0 Å². The van der Waals surface area contributed by atoms with Crippen LogP contribution >= 0.6 is 0 Å². The maximum Gasteiger partial charge on any atom is 0.187 e. The Morgan fingerprint density at radius 3 is 1.97 bits per heavy atom. The van der Waals surface area contributed by atoms with Gasteiger partial charge in [-0.05, 0) is 32.8 Å². The highest BCUT2D eigenvalue weighted by Crippen LogP contribution is 2.29. The van der Waals surface area contributed by atoms with Crippen LogP contribution in [0.25, 0.3) is 0 Å². The standard InChI is InChI=1S/C22H38O12/c1-10(2)4-5-12(25)11(3)6-7-31-21-19(30)20(16(27)14(9-24)32-21)34-22-18(29)17(28)15(26)13(8-23)33-22/h4,6,12-30H,5,7-9H2,1-3H3. The molecule has 2 saturated heterocycles. The van der Waals surface area contributed by atoms with Crippen LogP contribution in [0.15, 0.2) is 23.3 Å². The van der Waals surface area contributed by atoms with Crippen molar-refractivity contribution in [2.45, 2.75) is 94.7 Å². The van der Waals surface area contributed by atoms with Crippen LogP contribution < -0.4 is 0 Å². The first-order valence-corrected chi connectivity index (χ1v) is 11.2. The molecule has 0 bridgehead atoms. The Hall–Kier alpha value is -1.00. The summed E-state index contributed by atoms with van der Waals surface area (Å²) in [6, 6.07) is 0. The van der Waals surface area contributed by atoms with Crippen molar-refractivity contribution in [2.24, 2.45) is 0 Å². The Labute approximate surface area is 198 Å². The Bertz CT molecular complexity index is 679. The summed E-state index contributed by atoms with van der Waals surface area (Å²) in [5, 5.41) is 80.3. The molecule has 2 fully saturated rings. The van der Waals surface area contributed by atoms with Crippen LogP contribution in [-0.4, -0.2) is 128 Å². The number of allylic oxidation sites excluding steroid dienone is 1. The summed E-state index contributed by atoms with van der Waals surface area (Å²) >= 11 is 0. The predicted molar refractivity (Wildman–Crippen MR) is 116 cm³/mol. The van der Waals surface area contributed by atoms with Crippen LogP contribution in [0.4, 0.5) is 0 Å². The van der Waals surface area contributed by atoms with E-state index < -0.39 is 80.7 Å². The third-order valence-electron chi connectivity index (χ3n) is 5.90. The van der Waals surface area contributed by atoms with Gasteiger partial charge >= 0.3 is 0 Å². The van der Waals surface area contributed by atoms with Crippen molar-refractivity contribution < 1.29 is 59.8 Å². The zero-order valence-electron chi connectivity index (χ0n) is 19.5. The smallest absolute Gasteiger partial charge is 0.187 e. The number of aliphatic hydroxyl groups is 8. The number of ether oxygens (including phenoxy) is 4. The van der Waals surface area contributed by atoms with Gasteiger partial charge in [0, 0.05) is 0 Å². The zero-order valence-corrected chi connectivity index (χ0v) is 19.5. The molecule has 12 heteroatoms. The first-order valence-electron chi connectivity index (χ1n) is 11.2. The molecule has 12 nitrogen and oxygen atoms in total. The topological polar surface area (TPSA) is 199 Å². The summed E-state index contributed by atoms with van der Waals surface area (Å²) in [6.45, 7) is 4.17. The van der Waals surface area contributed by atoms with Crippen molar-refractivity contribution in [1.29, 1.82) is 0 Å². The minimum atomic E-state index is -1.75. The second-order valence-corrected chi connectivity index (χ2v) is 8.82. The molecule has 0 aromatic heterocycles. The van der Waals surface area contributed by atoms with Crippen LogP contribution in [0.5, 0.6) is 0 Å². The van der Waals surface area contributed by atoms with Crippen LogP contribution in [0.3, 0.4) is 0 Å². The van der Waals surface area contributed by atoms with Gasteiger partial charge in [-0.1, -0.05) is 17.7 Å². The maximum atomic E-state index is 10.7. The van der Waals surface area contributed by atoms with Gasteiger partial charge in [0.05, 0.1) is 25.9 Å². The molecule has 2 heterocycles. The van der Waals surface area contributed by atoms with Crippen molar-refractivity contribution in [3.63, 3.8) is 0 Å². The third-order valence-corrected chi connectivity index (χ3v) is 5.90. The molecule has 0 radical (unpaired) electrons. The molecule has 11 unspecified atom stereocenters. The van der Waals surface area contributed by atoms with E-state index in [-0.39, 0.29) is 6.61 Å². The largest absolute Gasteiger partial charge is 0.394 e. The first-order chi connectivity index (χ1) is 16.0. The van der Waals surface area contributed by atoms with Gasteiger partial charge in [0.1, 0.15) is 48.8 Å². The molecule has 2 aliphatic heterocycles. The van der Waals surface area contributed by atoms with E-state index in [1.54, 1.807) is 13.0 Å². The average molecular weight is 495 g/mol. The molecule has 11 atom stereocenters. The molecule has 2 aliphatic rings. The second kappa shape index (κ2) is 13.3. The Morgan fingerprint density at radius 2 is 1.38 bits per heavy atom. The fourth-order valence-corrected chi connectivity index (χ4v) is 3.63. The van der Waals surface area contributed by atoms with Gasteiger partial charge in [0.15, 0.2) is 12.6 Å². The average Bonchev–Trinajstić information content (AvgIpc) is 2.81. The molecule has 0 aromatic rings. The Balaban J connectivity index is 2.06. The summed E-state index contributed by atoms with van der Waals surface area (Å²) in [5.74, 6) is 0. The molecule has 8 N–H and O–H groups in total. The normalized spacial score (nSPS) is 40.1. The van der Waals surface area contributed by atoms with Crippen molar-refractivity contribution in [3.05, 3.63) is 23.3 Å². The maximum absolute atomic E-state index is 10.7. The molecular formula is C22H38O12. The minimum absolute atomic E-state index is 0.0690. The second-order valence-electron chi connectivity index (χ2n) is 8.82. The monoisotopic (exact) mass is 494 g/mol. The summed E-state index contributed by atoms with van der Waals surface area (Å²) in [4.78, 5) is 0. The van der Waals surface area contributed by atoms with E-state index in [9.17, 15) is 40.9 Å². The molecule has 34 heavy (non-hydrogen) atoms. The predicted octanol–water partition coefficient (Wildman–Crippen LogP) is -2.71. The minimum Gasteiger partial charge on any atom is -0.394 e. The highest BCUT2D eigenvalue weighted by atomic mass is 16.7. The lowest BCUT2D eigenvalue weighted by Gasteiger charge is -2.45. The number of aliphatic hydroxyl groups excluding tert-OH is 8.